The fraction of sp³-hybridized carbons (Fsp3) is 0.385. The van der Waals surface area contributed by atoms with Crippen molar-refractivity contribution < 1.29 is 9.32 Å². The van der Waals surface area contributed by atoms with E-state index in [2.05, 4.69) is 20.4 Å². The number of hydrogen-bond acceptors (Lipinski definition) is 6. The van der Waals surface area contributed by atoms with Crippen LogP contribution in [-0.2, 0) is 0 Å². The standard InChI is InChI=1S/C13H17N5O2/c1-4-18(5-2)13(19)10-7-11(15-8-14-10)16-12-6-9(3)20-17-12/h6-8H,4-5H2,1-3H3,(H,14,15,16,17). The SMILES string of the molecule is CCN(CC)C(=O)c1cc(Nc2cc(C)on2)ncn1. The van der Waals surface area contributed by atoms with Gasteiger partial charge in [-0.15, -0.1) is 0 Å². The molecule has 106 valence electrons. The van der Waals surface area contributed by atoms with Gasteiger partial charge in [-0.2, -0.15) is 0 Å². The topological polar surface area (TPSA) is 84.2 Å². The third-order valence-corrected chi connectivity index (χ3v) is 2.82. The summed E-state index contributed by atoms with van der Waals surface area (Å²) in [5.41, 5.74) is 0.353. The number of amides is 1. The van der Waals surface area contributed by atoms with E-state index in [1.807, 2.05) is 13.8 Å². The second-order valence-electron chi connectivity index (χ2n) is 4.21. The van der Waals surface area contributed by atoms with E-state index in [9.17, 15) is 4.79 Å². The van der Waals surface area contributed by atoms with E-state index in [0.29, 0.717) is 36.2 Å². The maximum atomic E-state index is 12.2. The monoisotopic (exact) mass is 275 g/mol. The Morgan fingerprint density at radius 3 is 2.60 bits per heavy atom. The van der Waals surface area contributed by atoms with Gasteiger partial charge in [0, 0.05) is 25.2 Å². The number of anilines is 2. The molecule has 2 aromatic rings. The van der Waals surface area contributed by atoms with Gasteiger partial charge in [-0.25, -0.2) is 9.97 Å². The maximum Gasteiger partial charge on any atom is 0.272 e. The van der Waals surface area contributed by atoms with Crippen molar-refractivity contribution >= 4 is 17.5 Å². The van der Waals surface area contributed by atoms with Crippen LogP contribution in [0.15, 0.2) is 23.0 Å². The number of nitrogens with one attached hydrogen (secondary N) is 1. The van der Waals surface area contributed by atoms with E-state index in [0.717, 1.165) is 0 Å². The third-order valence-electron chi connectivity index (χ3n) is 2.82. The van der Waals surface area contributed by atoms with Crippen LogP contribution in [0.3, 0.4) is 0 Å². The highest BCUT2D eigenvalue weighted by Crippen LogP contribution is 2.14. The summed E-state index contributed by atoms with van der Waals surface area (Å²) in [6.45, 7) is 6.95. The zero-order valence-corrected chi connectivity index (χ0v) is 11.8. The number of nitrogens with zero attached hydrogens (tertiary/aromatic N) is 4. The highest BCUT2D eigenvalue weighted by molar-refractivity contribution is 5.93. The molecule has 0 aliphatic rings. The number of hydrogen-bond donors (Lipinski definition) is 1. The van der Waals surface area contributed by atoms with Gasteiger partial charge in [0.25, 0.3) is 5.91 Å². The van der Waals surface area contributed by atoms with Crippen LogP contribution in [0.5, 0.6) is 0 Å². The van der Waals surface area contributed by atoms with Gasteiger partial charge >= 0.3 is 0 Å². The Balaban J connectivity index is 2.17. The maximum absolute atomic E-state index is 12.2. The van der Waals surface area contributed by atoms with Crippen LogP contribution in [0.4, 0.5) is 11.6 Å². The lowest BCUT2D eigenvalue weighted by Gasteiger charge is -2.17. The Hall–Kier alpha value is -2.44. The molecule has 1 amide bonds. The highest BCUT2D eigenvalue weighted by atomic mass is 16.5. The number of aryl methyl sites for hydroxylation is 1. The van der Waals surface area contributed by atoms with Crippen LogP contribution in [0.2, 0.25) is 0 Å². The molecule has 0 aliphatic carbocycles. The molecule has 2 heterocycles. The van der Waals surface area contributed by atoms with E-state index in [-0.39, 0.29) is 5.91 Å². The van der Waals surface area contributed by atoms with Gasteiger partial charge in [0.05, 0.1) is 0 Å². The molecule has 7 heteroatoms. The molecule has 2 rings (SSSR count). The zero-order valence-electron chi connectivity index (χ0n) is 11.8. The minimum Gasteiger partial charge on any atom is -0.360 e. The van der Waals surface area contributed by atoms with E-state index < -0.39 is 0 Å². The second-order valence-corrected chi connectivity index (χ2v) is 4.21. The average molecular weight is 275 g/mol. The Labute approximate surface area is 117 Å². The lowest BCUT2D eigenvalue weighted by atomic mass is 10.3. The molecule has 0 aliphatic heterocycles. The highest BCUT2D eigenvalue weighted by Gasteiger charge is 2.15. The number of aromatic nitrogens is 3. The summed E-state index contributed by atoms with van der Waals surface area (Å²) in [7, 11) is 0. The second kappa shape index (κ2) is 6.14. The van der Waals surface area contributed by atoms with Crippen LogP contribution in [0, 0.1) is 6.92 Å². The summed E-state index contributed by atoms with van der Waals surface area (Å²) in [5.74, 6) is 1.63. The minimum atomic E-state index is -0.114. The Morgan fingerprint density at radius 1 is 1.25 bits per heavy atom. The Morgan fingerprint density at radius 2 is 2.00 bits per heavy atom. The molecular weight excluding hydrogens is 258 g/mol. The van der Waals surface area contributed by atoms with Crippen molar-refractivity contribution in [3.8, 4) is 0 Å². The van der Waals surface area contributed by atoms with Crippen molar-refractivity contribution in [2.45, 2.75) is 20.8 Å². The van der Waals surface area contributed by atoms with Gasteiger partial charge in [0.15, 0.2) is 5.82 Å². The van der Waals surface area contributed by atoms with Crippen molar-refractivity contribution in [2.24, 2.45) is 0 Å². The largest absolute Gasteiger partial charge is 0.360 e. The minimum absolute atomic E-state index is 0.114. The molecule has 0 atom stereocenters. The van der Waals surface area contributed by atoms with Crippen molar-refractivity contribution in [1.82, 2.24) is 20.0 Å². The van der Waals surface area contributed by atoms with Crippen LogP contribution < -0.4 is 5.32 Å². The summed E-state index contributed by atoms with van der Waals surface area (Å²) in [6, 6.07) is 3.35. The molecule has 0 saturated heterocycles. The van der Waals surface area contributed by atoms with Crippen molar-refractivity contribution in [1.29, 1.82) is 0 Å². The van der Waals surface area contributed by atoms with Crippen molar-refractivity contribution in [3.63, 3.8) is 0 Å². The first-order valence-corrected chi connectivity index (χ1v) is 6.45. The van der Waals surface area contributed by atoms with E-state index >= 15 is 0 Å². The lowest BCUT2D eigenvalue weighted by molar-refractivity contribution is 0.0767. The van der Waals surface area contributed by atoms with Gasteiger partial charge in [-0.1, -0.05) is 5.16 Å². The quantitative estimate of drug-likeness (QED) is 0.898. The molecule has 7 nitrogen and oxygen atoms in total. The molecule has 0 saturated carbocycles. The van der Waals surface area contributed by atoms with E-state index in [4.69, 9.17) is 4.52 Å². The first-order chi connectivity index (χ1) is 9.63. The van der Waals surface area contributed by atoms with Gasteiger partial charge in [-0.3, -0.25) is 4.79 Å². The summed E-state index contributed by atoms with van der Waals surface area (Å²) in [6.07, 6.45) is 1.35. The fourth-order valence-electron chi connectivity index (χ4n) is 1.77. The Bertz CT molecular complexity index is 592. The number of rotatable bonds is 5. The van der Waals surface area contributed by atoms with E-state index in [1.165, 1.54) is 6.33 Å². The molecule has 0 radical (unpaired) electrons. The molecule has 0 spiro atoms. The van der Waals surface area contributed by atoms with Crippen LogP contribution in [0.1, 0.15) is 30.1 Å². The third kappa shape index (κ3) is 3.11. The predicted molar refractivity (Wildman–Crippen MR) is 73.8 cm³/mol. The van der Waals surface area contributed by atoms with Crippen molar-refractivity contribution in [3.05, 3.63) is 29.9 Å². The molecule has 0 bridgehead atoms. The van der Waals surface area contributed by atoms with Crippen LogP contribution in [-0.4, -0.2) is 39.0 Å². The molecular formula is C13H17N5O2. The van der Waals surface area contributed by atoms with Crippen LogP contribution in [0.25, 0.3) is 0 Å². The Kier molecular flexibility index (Phi) is 4.29. The molecule has 2 aromatic heterocycles. The molecule has 20 heavy (non-hydrogen) atoms. The summed E-state index contributed by atoms with van der Waals surface area (Å²) >= 11 is 0. The van der Waals surface area contributed by atoms with E-state index in [1.54, 1.807) is 24.0 Å². The first-order valence-electron chi connectivity index (χ1n) is 6.45. The summed E-state index contributed by atoms with van der Waals surface area (Å²) in [4.78, 5) is 22.0. The van der Waals surface area contributed by atoms with Gasteiger partial charge < -0.3 is 14.7 Å². The number of carbonyl (C=O) groups is 1. The van der Waals surface area contributed by atoms with Crippen LogP contribution >= 0.6 is 0 Å². The molecule has 0 fully saturated rings. The fourth-order valence-corrected chi connectivity index (χ4v) is 1.77. The molecule has 0 unspecified atom stereocenters. The number of carbonyl (C=O) groups excluding carboxylic acids is 1. The lowest BCUT2D eigenvalue weighted by Crippen LogP contribution is -2.31. The average Bonchev–Trinajstić information content (AvgIpc) is 2.85. The molecule has 0 aromatic carbocycles. The predicted octanol–water partition coefficient (Wildman–Crippen LogP) is 2.00. The van der Waals surface area contributed by atoms with Gasteiger partial charge in [0.2, 0.25) is 0 Å². The molecule has 1 N–H and O–H groups in total. The smallest absolute Gasteiger partial charge is 0.272 e. The summed E-state index contributed by atoms with van der Waals surface area (Å²) < 4.78 is 4.96. The normalized spacial score (nSPS) is 10.3. The zero-order chi connectivity index (χ0) is 14.5. The van der Waals surface area contributed by atoms with Gasteiger partial charge in [-0.05, 0) is 20.8 Å². The first kappa shape index (κ1) is 14.0. The van der Waals surface area contributed by atoms with Crippen molar-refractivity contribution in [2.75, 3.05) is 18.4 Å². The van der Waals surface area contributed by atoms with Gasteiger partial charge in [0.1, 0.15) is 23.6 Å². The summed E-state index contributed by atoms with van der Waals surface area (Å²) in [5, 5.41) is 6.78.